The molecule has 0 heterocycles. The van der Waals surface area contributed by atoms with Crippen LogP contribution in [0.4, 0.5) is 11.4 Å². The molecule has 0 atom stereocenters. The van der Waals surface area contributed by atoms with Crippen LogP contribution in [0.25, 0.3) is 0 Å². The summed E-state index contributed by atoms with van der Waals surface area (Å²) in [6.07, 6.45) is 0. The van der Waals surface area contributed by atoms with Gasteiger partial charge in [-0.25, -0.2) is 8.42 Å². The monoisotopic (exact) mass is 460 g/mol. The lowest BCUT2D eigenvalue weighted by Gasteiger charge is -2.16. The van der Waals surface area contributed by atoms with E-state index in [9.17, 15) is 8.42 Å². The SMILES string of the molecule is Cc1cc(N)ccc1Oc1ccccc1S(=O)(=O)c1ccccc1Oc1ccc(N)cc1C. The Balaban J connectivity index is 1.76. The van der Waals surface area contributed by atoms with Crippen molar-refractivity contribution in [2.45, 2.75) is 23.6 Å². The van der Waals surface area contributed by atoms with Gasteiger partial charge in [-0.1, -0.05) is 24.3 Å². The van der Waals surface area contributed by atoms with Crippen molar-refractivity contribution in [2.24, 2.45) is 0 Å². The molecule has 0 spiro atoms. The molecular formula is C26H24N2O4S. The molecule has 0 fully saturated rings. The summed E-state index contributed by atoms with van der Waals surface area (Å²) in [6, 6.07) is 23.4. The normalized spacial score (nSPS) is 11.2. The molecule has 0 amide bonds. The number of rotatable bonds is 6. The van der Waals surface area contributed by atoms with Crippen LogP contribution in [0.2, 0.25) is 0 Å². The van der Waals surface area contributed by atoms with Crippen LogP contribution in [0.15, 0.2) is 94.7 Å². The summed E-state index contributed by atoms with van der Waals surface area (Å²) in [6.45, 7) is 3.70. The molecular weight excluding hydrogens is 436 g/mol. The van der Waals surface area contributed by atoms with Crippen LogP contribution < -0.4 is 20.9 Å². The summed E-state index contributed by atoms with van der Waals surface area (Å²) in [5.41, 5.74) is 14.4. The van der Waals surface area contributed by atoms with Gasteiger partial charge in [0.15, 0.2) is 0 Å². The summed E-state index contributed by atoms with van der Waals surface area (Å²) in [5, 5.41) is 0. The van der Waals surface area contributed by atoms with Gasteiger partial charge in [-0.05, 0) is 85.6 Å². The number of aryl methyl sites for hydroxylation is 2. The molecule has 4 aromatic carbocycles. The number of ether oxygens (including phenoxy) is 2. The van der Waals surface area contributed by atoms with Gasteiger partial charge in [-0.2, -0.15) is 0 Å². The first kappa shape index (κ1) is 22.2. The molecule has 168 valence electrons. The van der Waals surface area contributed by atoms with E-state index in [1.165, 1.54) is 12.1 Å². The van der Waals surface area contributed by atoms with Gasteiger partial charge < -0.3 is 20.9 Å². The third-order valence-corrected chi connectivity index (χ3v) is 6.95. The van der Waals surface area contributed by atoms with Crippen molar-refractivity contribution in [3.05, 3.63) is 96.1 Å². The second-order valence-electron chi connectivity index (χ2n) is 7.65. The first-order valence-electron chi connectivity index (χ1n) is 10.3. The fraction of sp³-hybridized carbons (Fsp3) is 0.0769. The van der Waals surface area contributed by atoms with Crippen molar-refractivity contribution in [3.63, 3.8) is 0 Å². The van der Waals surface area contributed by atoms with E-state index in [0.717, 1.165) is 11.1 Å². The van der Waals surface area contributed by atoms with E-state index < -0.39 is 9.84 Å². The molecule has 0 bridgehead atoms. The number of anilines is 2. The maximum absolute atomic E-state index is 13.7. The number of sulfone groups is 1. The minimum absolute atomic E-state index is 0.0336. The van der Waals surface area contributed by atoms with Gasteiger partial charge in [0.05, 0.1) is 0 Å². The maximum atomic E-state index is 13.7. The lowest BCUT2D eigenvalue weighted by atomic mass is 10.2. The average molecular weight is 461 g/mol. The lowest BCUT2D eigenvalue weighted by molar-refractivity contribution is 0.458. The van der Waals surface area contributed by atoms with Crippen molar-refractivity contribution < 1.29 is 17.9 Å². The van der Waals surface area contributed by atoms with Crippen LogP contribution in [-0.4, -0.2) is 8.42 Å². The molecule has 7 heteroatoms. The third kappa shape index (κ3) is 4.63. The van der Waals surface area contributed by atoms with Gasteiger partial charge in [0.25, 0.3) is 0 Å². The van der Waals surface area contributed by atoms with Gasteiger partial charge >= 0.3 is 0 Å². The Hall–Kier alpha value is -3.97. The fourth-order valence-corrected chi connectivity index (χ4v) is 4.94. The van der Waals surface area contributed by atoms with E-state index >= 15 is 0 Å². The van der Waals surface area contributed by atoms with Crippen LogP contribution in [-0.2, 0) is 9.84 Å². The van der Waals surface area contributed by atoms with Gasteiger partial charge in [0, 0.05) is 11.4 Å². The Labute approximate surface area is 193 Å². The molecule has 0 radical (unpaired) electrons. The molecule has 4 rings (SSSR count). The highest BCUT2D eigenvalue weighted by molar-refractivity contribution is 7.91. The Bertz CT molecular complexity index is 1330. The lowest BCUT2D eigenvalue weighted by Crippen LogP contribution is -2.06. The summed E-state index contributed by atoms with van der Waals surface area (Å²) in [4.78, 5) is 0.0672. The fourth-order valence-electron chi connectivity index (χ4n) is 3.44. The Morgan fingerprint density at radius 2 is 0.970 bits per heavy atom. The number of nitrogens with two attached hydrogens (primary N) is 2. The zero-order valence-electron chi connectivity index (χ0n) is 18.3. The van der Waals surface area contributed by atoms with Crippen molar-refractivity contribution in [1.82, 2.24) is 0 Å². The largest absolute Gasteiger partial charge is 0.456 e. The molecule has 0 aliphatic carbocycles. The van der Waals surface area contributed by atoms with E-state index in [-0.39, 0.29) is 21.3 Å². The Morgan fingerprint density at radius 1 is 0.576 bits per heavy atom. The minimum atomic E-state index is -3.98. The van der Waals surface area contributed by atoms with E-state index in [2.05, 4.69) is 0 Å². The first-order chi connectivity index (χ1) is 15.8. The number of hydrogen-bond acceptors (Lipinski definition) is 6. The van der Waals surface area contributed by atoms with Crippen LogP contribution in [0.3, 0.4) is 0 Å². The minimum Gasteiger partial charge on any atom is -0.456 e. The van der Waals surface area contributed by atoms with Crippen LogP contribution in [0, 0.1) is 13.8 Å². The molecule has 4 aromatic rings. The zero-order chi connectivity index (χ0) is 23.6. The molecule has 0 aliphatic heterocycles. The highest BCUT2D eigenvalue weighted by Crippen LogP contribution is 2.38. The number of hydrogen-bond donors (Lipinski definition) is 2. The average Bonchev–Trinajstić information content (AvgIpc) is 2.78. The maximum Gasteiger partial charge on any atom is 0.213 e. The smallest absolute Gasteiger partial charge is 0.213 e. The summed E-state index contributed by atoms with van der Waals surface area (Å²) in [5.74, 6) is 1.47. The van der Waals surface area contributed by atoms with Crippen LogP contribution >= 0.6 is 0 Å². The van der Waals surface area contributed by atoms with Gasteiger partial charge in [0.2, 0.25) is 9.84 Å². The van der Waals surface area contributed by atoms with E-state index in [4.69, 9.17) is 20.9 Å². The summed E-state index contributed by atoms with van der Waals surface area (Å²) >= 11 is 0. The van der Waals surface area contributed by atoms with E-state index in [1.807, 2.05) is 13.8 Å². The standard InChI is InChI=1S/C26H24N2O4S/c1-17-15-19(27)11-13-21(17)31-23-7-3-5-9-25(23)33(29,30)26-10-6-4-8-24(26)32-22-14-12-20(28)16-18(22)2/h3-16H,27-28H2,1-2H3. The highest BCUT2D eigenvalue weighted by Gasteiger charge is 2.26. The molecule has 0 saturated carbocycles. The second kappa shape index (κ2) is 8.88. The predicted octanol–water partition coefficient (Wildman–Crippen LogP) is 5.89. The molecule has 0 aromatic heterocycles. The Kier molecular flexibility index (Phi) is 5.98. The number of para-hydroxylation sites is 2. The van der Waals surface area contributed by atoms with E-state index in [0.29, 0.717) is 22.9 Å². The van der Waals surface area contributed by atoms with Gasteiger partial charge in [-0.15, -0.1) is 0 Å². The molecule has 0 unspecified atom stereocenters. The number of benzene rings is 4. The zero-order valence-corrected chi connectivity index (χ0v) is 19.1. The molecule has 0 aliphatic rings. The summed E-state index contributed by atoms with van der Waals surface area (Å²) < 4.78 is 39.5. The van der Waals surface area contributed by atoms with Crippen LogP contribution in [0.5, 0.6) is 23.0 Å². The quantitative estimate of drug-likeness (QED) is 0.348. The highest BCUT2D eigenvalue weighted by atomic mass is 32.2. The topological polar surface area (TPSA) is 105 Å². The van der Waals surface area contributed by atoms with Gasteiger partial charge in [-0.3, -0.25) is 0 Å². The Morgan fingerprint density at radius 3 is 1.36 bits per heavy atom. The molecule has 33 heavy (non-hydrogen) atoms. The van der Waals surface area contributed by atoms with Crippen LogP contribution in [0.1, 0.15) is 11.1 Å². The third-order valence-electron chi connectivity index (χ3n) is 5.12. The molecule has 6 nitrogen and oxygen atoms in total. The van der Waals surface area contributed by atoms with Crippen molar-refractivity contribution in [1.29, 1.82) is 0 Å². The van der Waals surface area contributed by atoms with Crippen molar-refractivity contribution in [2.75, 3.05) is 11.5 Å². The van der Waals surface area contributed by atoms with Crippen molar-refractivity contribution >= 4 is 21.2 Å². The van der Waals surface area contributed by atoms with E-state index in [1.54, 1.807) is 72.8 Å². The molecule has 0 saturated heterocycles. The molecule has 4 N–H and O–H groups in total. The second-order valence-corrected chi connectivity index (χ2v) is 9.54. The number of nitrogen functional groups attached to an aromatic ring is 2. The predicted molar refractivity (Wildman–Crippen MR) is 130 cm³/mol. The van der Waals surface area contributed by atoms with Gasteiger partial charge in [0.1, 0.15) is 32.8 Å². The summed E-state index contributed by atoms with van der Waals surface area (Å²) in [7, 11) is -3.98. The van der Waals surface area contributed by atoms with Crippen molar-refractivity contribution in [3.8, 4) is 23.0 Å². The first-order valence-corrected chi connectivity index (χ1v) is 11.7.